The van der Waals surface area contributed by atoms with Crippen molar-refractivity contribution in [1.82, 2.24) is 16.0 Å². The summed E-state index contributed by atoms with van der Waals surface area (Å²) in [6.45, 7) is 0.234. The van der Waals surface area contributed by atoms with Gasteiger partial charge in [-0.15, -0.1) is 0 Å². The fraction of sp³-hybridized carbons (Fsp3) is 0.615. The van der Waals surface area contributed by atoms with E-state index in [2.05, 4.69) is 20.9 Å². The molecule has 0 bridgehead atoms. The number of nitrogens with zero attached hydrogens (tertiary/aromatic N) is 1. The van der Waals surface area contributed by atoms with Gasteiger partial charge in [0.15, 0.2) is 5.96 Å². The van der Waals surface area contributed by atoms with E-state index in [4.69, 9.17) is 21.7 Å². The number of aliphatic hydroxyl groups is 1. The number of rotatable bonds is 11. The van der Waals surface area contributed by atoms with Crippen LogP contribution in [0.1, 0.15) is 19.8 Å². The molecule has 0 aliphatic carbocycles. The first-order valence-corrected chi connectivity index (χ1v) is 7.40. The highest BCUT2D eigenvalue weighted by Gasteiger charge is 2.22. The summed E-state index contributed by atoms with van der Waals surface area (Å²) in [4.78, 5) is 49.1. The van der Waals surface area contributed by atoms with Gasteiger partial charge in [0.1, 0.15) is 12.1 Å². The maximum atomic E-state index is 11.7. The zero-order valence-electron chi connectivity index (χ0n) is 13.8. The Morgan fingerprint density at radius 1 is 1.12 bits per heavy atom. The van der Waals surface area contributed by atoms with Crippen LogP contribution in [0.3, 0.4) is 0 Å². The highest BCUT2D eigenvalue weighted by molar-refractivity contribution is 5.91. The molecule has 0 radical (unpaired) electrons. The number of aliphatic carboxylic acids is 1. The van der Waals surface area contributed by atoms with Gasteiger partial charge < -0.3 is 37.6 Å². The molecule has 0 aromatic heterocycles. The molecule has 0 aliphatic rings. The van der Waals surface area contributed by atoms with Crippen LogP contribution in [0, 0.1) is 0 Å². The smallest absolute Gasteiger partial charge is 0.326 e. The van der Waals surface area contributed by atoms with Crippen molar-refractivity contribution in [3.63, 3.8) is 0 Å². The van der Waals surface area contributed by atoms with Crippen molar-refractivity contribution in [2.75, 3.05) is 19.7 Å². The van der Waals surface area contributed by atoms with Gasteiger partial charge in [0.05, 0.1) is 13.2 Å². The number of carbonyl (C=O) groups excluding carboxylic acids is 3. The summed E-state index contributed by atoms with van der Waals surface area (Å²) in [5.41, 5.74) is 10.3. The van der Waals surface area contributed by atoms with Crippen LogP contribution in [-0.2, 0) is 19.2 Å². The number of carboxylic acid groups (broad SMARTS) is 1. The van der Waals surface area contributed by atoms with Gasteiger partial charge in [-0.3, -0.25) is 19.4 Å². The van der Waals surface area contributed by atoms with Crippen LogP contribution < -0.4 is 27.4 Å². The molecule has 12 heteroatoms. The normalized spacial score (nSPS) is 12.4. The zero-order chi connectivity index (χ0) is 19.4. The summed E-state index contributed by atoms with van der Waals surface area (Å²) in [5.74, 6) is -3.38. The largest absolute Gasteiger partial charge is 0.480 e. The molecule has 0 saturated carbocycles. The molecule has 9 N–H and O–H groups in total. The first kappa shape index (κ1) is 22.1. The number of amides is 3. The molecule has 25 heavy (non-hydrogen) atoms. The lowest BCUT2D eigenvalue weighted by Gasteiger charge is -2.17. The van der Waals surface area contributed by atoms with Gasteiger partial charge >= 0.3 is 5.97 Å². The lowest BCUT2D eigenvalue weighted by atomic mass is 10.1. The molecule has 142 valence electrons. The number of hydrogen-bond donors (Lipinski definition) is 7. The molecular weight excluding hydrogens is 336 g/mol. The van der Waals surface area contributed by atoms with Crippen LogP contribution in [0.4, 0.5) is 0 Å². The molecule has 0 aromatic carbocycles. The lowest BCUT2D eigenvalue weighted by molar-refractivity contribution is -0.142. The van der Waals surface area contributed by atoms with E-state index in [-0.39, 0.29) is 18.9 Å². The van der Waals surface area contributed by atoms with E-state index in [1.807, 2.05) is 0 Å². The van der Waals surface area contributed by atoms with E-state index in [0.717, 1.165) is 0 Å². The number of aliphatic hydroxyl groups excluding tert-OH is 1. The van der Waals surface area contributed by atoms with Crippen molar-refractivity contribution < 1.29 is 29.4 Å². The number of guanidine groups is 1. The van der Waals surface area contributed by atoms with E-state index < -0.39 is 48.9 Å². The zero-order valence-corrected chi connectivity index (χ0v) is 13.8. The van der Waals surface area contributed by atoms with Crippen molar-refractivity contribution in [2.24, 2.45) is 16.5 Å². The minimum Gasteiger partial charge on any atom is -0.480 e. The van der Waals surface area contributed by atoms with Gasteiger partial charge in [-0.2, -0.15) is 0 Å². The molecule has 2 atom stereocenters. The van der Waals surface area contributed by atoms with E-state index in [1.165, 1.54) is 6.92 Å². The minimum absolute atomic E-state index is 0.0942. The number of nitrogens with one attached hydrogen (secondary N) is 3. The molecule has 0 fully saturated rings. The van der Waals surface area contributed by atoms with Crippen LogP contribution in [-0.4, -0.2) is 71.6 Å². The molecule has 0 unspecified atom stereocenters. The fourth-order valence-corrected chi connectivity index (χ4v) is 1.74. The predicted octanol–water partition coefficient (Wildman–Crippen LogP) is -3.78. The Hall–Kier alpha value is -2.89. The van der Waals surface area contributed by atoms with E-state index in [0.29, 0.717) is 6.42 Å². The SMILES string of the molecule is CC(=O)N[C@@H](CO)C(=O)NCC(=O)N[C@@H](CCCN=C(N)N)C(=O)O. The number of nitrogens with two attached hydrogens (primary N) is 2. The van der Waals surface area contributed by atoms with Gasteiger partial charge in [0.25, 0.3) is 0 Å². The Labute approximate surface area is 144 Å². The Balaban J connectivity index is 4.38. The Bertz CT molecular complexity index is 519. The molecule has 0 heterocycles. The van der Waals surface area contributed by atoms with Gasteiger partial charge in [0.2, 0.25) is 17.7 Å². The first-order valence-electron chi connectivity index (χ1n) is 7.40. The summed E-state index contributed by atoms with van der Waals surface area (Å²) in [6.07, 6.45) is 0.424. The molecular formula is C13H24N6O6. The standard InChI is InChI=1S/C13H24N6O6/c1-7(21)18-9(6-20)11(23)17-5-10(22)19-8(12(24)25)3-2-4-16-13(14)15/h8-9,20H,2-6H2,1H3,(H,17,23)(H,18,21)(H,19,22)(H,24,25)(H4,14,15,16)/t8-,9-/m0/s1. The first-order chi connectivity index (χ1) is 11.7. The molecule has 0 spiro atoms. The topological polar surface area (TPSA) is 209 Å². The quantitative estimate of drug-likeness (QED) is 0.110. The predicted molar refractivity (Wildman–Crippen MR) is 87.2 cm³/mol. The van der Waals surface area contributed by atoms with Crippen molar-refractivity contribution >= 4 is 29.7 Å². The van der Waals surface area contributed by atoms with Crippen LogP contribution in [0.15, 0.2) is 4.99 Å². The summed E-state index contributed by atoms with van der Waals surface area (Å²) in [7, 11) is 0. The van der Waals surface area contributed by atoms with E-state index in [9.17, 15) is 19.2 Å². The summed E-state index contributed by atoms with van der Waals surface area (Å²) < 4.78 is 0. The maximum absolute atomic E-state index is 11.7. The number of hydrogen-bond acceptors (Lipinski definition) is 6. The highest BCUT2D eigenvalue weighted by Crippen LogP contribution is 1.98. The third kappa shape index (κ3) is 10.5. The maximum Gasteiger partial charge on any atom is 0.326 e. The van der Waals surface area contributed by atoms with Crippen molar-refractivity contribution in [3.05, 3.63) is 0 Å². The second kappa shape index (κ2) is 11.6. The van der Waals surface area contributed by atoms with Gasteiger partial charge in [-0.1, -0.05) is 0 Å². The number of carboxylic acids is 1. The molecule has 0 aromatic rings. The van der Waals surface area contributed by atoms with Crippen LogP contribution >= 0.6 is 0 Å². The highest BCUT2D eigenvalue weighted by atomic mass is 16.4. The molecule has 0 rings (SSSR count). The average Bonchev–Trinajstić information content (AvgIpc) is 2.52. The monoisotopic (exact) mass is 360 g/mol. The average molecular weight is 360 g/mol. The Morgan fingerprint density at radius 2 is 1.76 bits per heavy atom. The molecule has 0 aliphatic heterocycles. The van der Waals surface area contributed by atoms with E-state index in [1.54, 1.807) is 0 Å². The summed E-state index contributed by atoms with van der Waals surface area (Å²) in [5, 5.41) is 24.7. The molecule has 3 amide bonds. The van der Waals surface area contributed by atoms with Crippen molar-refractivity contribution in [2.45, 2.75) is 31.8 Å². The third-order valence-corrected chi connectivity index (χ3v) is 2.88. The van der Waals surface area contributed by atoms with Crippen LogP contribution in [0.25, 0.3) is 0 Å². The van der Waals surface area contributed by atoms with Crippen molar-refractivity contribution in [3.8, 4) is 0 Å². The number of aliphatic imine (C=N–C) groups is 1. The Morgan fingerprint density at radius 3 is 2.24 bits per heavy atom. The summed E-state index contributed by atoms with van der Waals surface area (Å²) >= 11 is 0. The fourth-order valence-electron chi connectivity index (χ4n) is 1.74. The number of carbonyl (C=O) groups is 4. The van der Waals surface area contributed by atoms with Gasteiger partial charge in [0, 0.05) is 13.5 Å². The summed E-state index contributed by atoms with van der Waals surface area (Å²) in [6, 6.07) is -2.36. The van der Waals surface area contributed by atoms with E-state index >= 15 is 0 Å². The van der Waals surface area contributed by atoms with Crippen LogP contribution in [0.2, 0.25) is 0 Å². The van der Waals surface area contributed by atoms with Crippen molar-refractivity contribution in [1.29, 1.82) is 0 Å². The second-order valence-corrected chi connectivity index (χ2v) is 5.06. The molecule has 12 nitrogen and oxygen atoms in total. The third-order valence-electron chi connectivity index (χ3n) is 2.88. The van der Waals surface area contributed by atoms with Crippen LogP contribution in [0.5, 0.6) is 0 Å². The van der Waals surface area contributed by atoms with Gasteiger partial charge in [-0.05, 0) is 12.8 Å². The molecule has 0 saturated heterocycles. The lowest BCUT2D eigenvalue weighted by Crippen LogP contribution is -2.51. The second-order valence-electron chi connectivity index (χ2n) is 5.06. The van der Waals surface area contributed by atoms with Gasteiger partial charge in [-0.25, -0.2) is 4.79 Å². The minimum atomic E-state index is -1.24. The Kier molecular flexibility index (Phi) is 10.3.